The summed E-state index contributed by atoms with van der Waals surface area (Å²) < 4.78 is 33.3. The Kier molecular flexibility index (Phi) is 4.51. The first kappa shape index (κ1) is 19.0. The second-order valence-electron chi connectivity index (χ2n) is 7.40. The number of benzene rings is 2. The third-order valence-corrected chi connectivity index (χ3v) is 5.41. The quantitative estimate of drug-likeness (QED) is 0.700. The zero-order valence-electron chi connectivity index (χ0n) is 16.1. The summed E-state index contributed by atoms with van der Waals surface area (Å²) in [5.41, 5.74) is 1.68. The van der Waals surface area contributed by atoms with Crippen LogP contribution in [-0.4, -0.2) is 51.5 Å². The number of aromatic nitrogens is 2. The average Bonchev–Trinajstić information content (AvgIpc) is 3.37. The monoisotopic (exact) mass is 422 g/mol. The number of likely N-dealkylation sites (tertiary alicyclic amines) is 1. The van der Waals surface area contributed by atoms with Crippen molar-refractivity contribution >= 4 is 23.1 Å². The Morgan fingerprint density at radius 1 is 1.26 bits per heavy atom. The van der Waals surface area contributed by atoms with Gasteiger partial charge in [0.05, 0.1) is 41.7 Å². The van der Waals surface area contributed by atoms with Crippen LogP contribution in [0.3, 0.4) is 0 Å². The van der Waals surface area contributed by atoms with Crippen LogP contribution in [0.4, 0.5) is 13.6 Å². The lowest BCUT2D eigenvalue weighted by atomic mass is 10.0. The molecule has 10 heteroatoms. The molecule has 0 bridgehead atoms. The van der Waals surface area contributed by atoms with Gasteiger partial charge in [0.1, 0.15) is 6.10 Å². The van der Waals surface area contributed by atoms with Crippen molar-refractivity contribution in [2.45, 2.75) is 18.6 Å². The molecule has 0 spiro atoms. The van der Waals surface area contributed by atoms with Crippen LogP contribution >= 0.6 is 0 Å². The number of carbonyl (C=O) groups is 1. The number of urea groups is 1. The Morgan fingerprint density at radius 3 is 2.90 bits per heavy atom. The molecular formula is C21H16F2N6O2. The summed E-state index contributed by atoms with van der Waals surface area (Å²) in [7, 11) is 0. The van der Waals surface area contributed by atoms with Crippen molar-refractivity contribution in [3.05, 3.63) is 59.3 Å². The van der Waals surface area contributed by atoms with Gasteiger partial charge in [-0.1, -0.05) is 12.1 Å². The molecule has 1 aromatic heterocycles. The van der Waals surface area contributed by atoms with Gasteiger partial charge in [0.15, 0.2) is 11.6 Å². The van der Waals surface area contributed by atoms with Crippen molar-refractivity contribution < 1.29 is 18.3 Å². The SMILES string of the molecule is N#Cc1cccc(C2CC=NN2C(=O)N2CC(Oc3cc4[nH]nc(F)c4cc3F)C2)c1. The predicted octanol–water partition coefficient (Wildman–Crippen LogP) is 3.33. The molecule has 8 nitrogen and oxygen atoms in total. The summed E-state index contributed by atoms with van der Waals surface area (Å²) in [6.07, 6.45) is 1.83. The maximum absolute atomic E-state index is 14.2. The zero-order chi connectivity index (χ0) is 21.5. The van der Waals surface area contributed by atoms with E-state index in [0.717, 1.165) is 11.6 Å². The maximum atomic E-state index is 14.2. The van der Waals surface area contributed by atoms with E-state index in [1.807, 2.05) is 6.07 Å². The molecule has 5 rings (SSSR count). The van der Waals surface area contributed by atoms with Crippen molar-refractivity contribution in [2.75, 3.05) is 13.1 Å². The van der Waals surface area contributed by atoms with Gasteiger partial charge in [0.2, 0.25) is 5.95 Å². The van der Waals surface area contributed by atoms with Crippen molar-refractivity contribution in [1.82, 2.24) is 20.1 Å². The smallest absolute Gasteiger partial charge is 0.341 e. The molecule has 1 saturated heterocycles. The molecule has 1 atom stereocenters. The summed E-state index contributed by atoms with van der Waals surface area (Å²) >= 11 is 0. The average molecular weight is 422 g/mol. The molecule has 31 heavy (non-hydrogen) atoms. The molecule has 0 radical (unpaired) electrons. The van der Waals surface area contributed by atoms with E-state index in [1.54, 1.807) is 29.3 Å². The highest BCUT2D eigenvalue weighted by Gasteiger charge is 2.39. The lowest BCUT2D eigenvalue weighted by molar-refractivity contribution is 0.0258. The minimum Gasteiger partial charge on any atom is -0.484 e. The Bertz CT molecular complexity index is 1240. The van der Waals surface area contributed by atoms with Crippen LogP contribution in [0.5, 0.6) is 5.75 Å². The fourth-order valence-corrected chi connectivity index (χ4v) is 3.76. The number of H-pyrrole nitrogens is 1. The second kappa shape index (κ2) is 7.36. The molecule has 156 valence electrons. The molecule has 1 unspecified atom stereocenters. The van der Waals surface area contributed by atoms with E-state index < -0.39 is 17.9 Å². The van der Waals surface area contributed by atoms with Crippen LogP contribution in [0.25, 0.3) is 10.9 Å². The van der Waals surface area contributed by atoms with Gasteiger partial charge < -0.3 is 9.64 Å². The lowest BCUT2D eigenvalue weighted by Gasteiger charge is -2.41. The molecule has 2 aliphatic heterocycles. The van der Waals surface area contributed by atoms with Crippen molar-refractivity contribution in [2.24, 2.45) is 5.10 Å². The highest BCUT2D eigenvalue weighted by atomic mass is 19.1. The second-order valence-corrected chi connectivity index (χ2v) is 7.40. The zero-order valence-corrected chi connectivity index (χ0v) is 16.1. The van der Waals surface area contributed by atoms with Crippen LogP contribution in [-0.2, 0) is 0 Å². The molecule has 2 aliphatic rings. The number of halogens is 2. The minimum absolute atomic E-state index is 0.0290. The van der Waals surface area contributed by atoms with E-state index in [9.17, 15) is 13.6 Å². The topological polar surface area (TPSA) is 97.6 Å². The highest BCUT2D eigenvalue weighted by molar-refractivity contribution is 5.81. The van der Waals surface area contributed by atoms with Gasteiger partial charge in [-0.05, 0) is 23.8 Å². The van der Waals surface area contributed by atoms with Crippen molar-refractivity contribution in [3.63, 3.8) is 0 Å². The molecule has 1 fully saturated rings. The summed E-state index contributed by atoms with van der Waals surface area (Å²) in [5.74, 6) is -1.50. The molecule has 3 heterocycles. The lowest BCUT2D eigenvalue weighted by Crippen LogP contribution is -2.58. The molecular weight excluding hydrogens is 406 g/mol. The van der Waals surface area contributed by atoms with E-state index in [-0.39, 0.29) is 36.3 Å². The number of carbonyl (C=O) groups excluding carboxylic acids is 1. The predicted molar refractivity (Wildman–Crippen MR) is 106 cm³/mol. The third kappa shape index (κ3) is 3.34. The van der Waals surface area contributed by atoms with Gasteiger partial charge in [-0.15, -0.1) is 5.10 Å². The first-order valence-corrected chi connectivity index (χ1v) is 9.64. The van der Waals surface area contributed by atoms with Gasteiger partial charge >= 0.3 is 6.03 Å². The first-order valence-electron chi connectivity index (χ1n) is 9.64. The Labute approximate surface area is 175 Å². The summed E-state index contributed by atoms with van der Waals surface area (Å²) in [6, 6.07) is 11.0. The number of aromatic amines is 1. The summed E-state index contributed by atoms with van der Waals surface area (Å²) in [5, 5.41) is 20.6. The van der Waals surface area contributed by atoms with Crippen LogP contribution in [0.15, 0.2) is 41.5 Å². The van der Waals surface area contributed by atoms with Gasteiger partial charge in [0.25, 0.3) is 0 Å². The number of hydrogen-bond donors (Lipinski definition) is 1. The van der Waals surface area contributed by atoms with Crippen LogP contribution < -0.4 is 4.74 Å². The van der Waals surface area contributed by atoms with Crippen LogP contribution in [0.2, 0.25) is 0 Å². The van der Waals surface area contributed by atoms with E-state index in [0.29, 0.717) is 17.5 Å². The largest absolute Gasteiger partial charge is 0.484 e. The number of hydrazone groups is 1. The fraction of sp³-hybridized carbons (Fsp3) is 0.238. The van der Waals surface area contributed by atoms with Gasteiger partial charge in [-0.3, -0.25) is 5.10 Å². The highest BCUT2D eigenvalue weighted by Crippen LogP contribution is 2.32. The van der Waals surface area contributed by atoms with E-state index in [2.05, 4.69) is 21.4 Å². The molecule has 3 aromatic rings. The Hall–Kier alpha value is -4.00. The summed E-state index contributed by atoms with van der Waals surface area (Å²) in [6.45, 7) is 0.537. The molecule has 0 saturated carbocycles. The maximum Gasteiger partial charge on any atom is 0.341 e. The number of nitrogens with one attached hydrogen (secondary N) is 1. The van der Waals surface area contributed by atoms with Crippen LogP contribution in [0, 0.1) is 23.1 Å². The van der Waals surface area contributed by atoms with Crippen molar-refractivity contribution in [3.8, 4) is 11.8 Å². The minimum atomic E-state index is -0.776. The number of rotatable bonds is 3. The number of hydrogen-bond acceptors (Lipinski definition) is 5. The van der Waals surface area contributed by atoms with E-state index in [1.165, 1.54) is 11.1 Å². The summed E-state index contributed by atoms with van der Waals surface area (Å²) in [4.78, 5) is 14.5. The first-order chi connectivity index (χ1) is 15.0. The standard InChI is InChI=1S/C21H16F2N6O2/c22-16-7-15-17(26-27-20(15)23)8-19(16)31-14-10-28(11-14)21(30)29-18(4-5-25-29)13-3-1-2-12(6-13)9-24/h1-3,5-8,14,18H,4,10-11H2,(H,26,27). The molecule has 1 N–H and O–H groups in total. The Morgan fingerprint density at radius 2 is 2.10 bits per heavy atom. The Balaban J connectivity index is 1.24. The fourth-order valence-electron chi connectivity index (χ4n) is 3.76. The van der Waals surface area contributed by atoms with Gasteiger partial charge in [-0.2, -0.15) is 14.8 Å². The van der Waals surface area contributed by atoms with Gasteiger partial charge in [0, 0.05) is 18.7 Å². The molecule has 0 aliphatic carbocycles. The number of fused-ring (bicyclic) bond motifs is 1. The van der Waals surface area contributed by atoms with Crippen LogP contribution in [0.1, 0.15) is 23.6 Å². The molecule has 2 amide bonds. The normalized spacial score (nSPS) is 18.3. The van der Waals surface area contributed by atoms with Crippen molar-refractivity contribution in [1.29, 1.82) is 5.26 Å². The van der Waals surface area contributed by atoms with Gasteiger partial charge in [-0.25, -0.2) is 14.2 Å². The van der Waals surface area contributed by atoms with E-state index >= 15 is 0 Å². The number of nitrogens with zero attached hydrogens (tertiary/aromatic N) is 5. The van der Waals surface area contributed by atoms with E-state index in [4.69, 9.17) is 10.00 Å². The third-order valence-electron chi connectivity index (χ3n) is 5.41. The number of nitriles is 1. The molecule has 2 aromatic carbocycles. The number of ether oxygens (including phenoxy) is 1. The number of amides is 2.